The molecule has 0 radical (unpaired) electrons. The summed E-state index contributed by atoms with van der Waals surface area (Å²) in [6.07, 6.45) is 1.74. The summed E-state index contributed by atoms with van der Waals surface area (Å²) in [7, 11) is 1.82. The number of aryl methyl sites for hydroxylation is 1. The van der Waals surface area contributed by atoms with E-state index in [1.165, 1.54) is 5.56 Å². The van der Waals surface area contributed by atoms with Crippen molar-refractivity contribution in [1.82, 2.24) is 10.2 Å². The van der Waals surface area contributed by atoms with E-state index in [1.807, 2.05) is 19.2 Å². The molecule has 0 aliphatic heterocycles. The maximum atomic E-state index is 11.7. The SMILES string of the molecule is C=CCNCC(=O)N(C)Cc1cccc(C)c1. The number of hydrogen-bond acceptors (Lipinski definition) is 2. The zero-order valence-corrected chi connectivity index (χ0v) is 10.6. The van der Waals surface area contributed by atoms with E-state index in [9.17, 15) is 4.79 Å². The van der Waals surface area contributed by atoms with Gasteiger partial charge in [0, 0.05) is 20.1 Å². The highest BCUT2D eigenvalue weighted by molar-refractivity contribution is 5.77. The molecule has 0 saturated carbocycles. The van der Waals surface area contributed by atoms with Crippen LogP contribution in [0.1, 0.15) is 11.1 Å². The minimum Gasteiger partial charge on any atom is -0.340 e. The highest BCUT2D eigenvalue weighted by Crippen LogP contribution is 2.06. The van der Waals surface area contributed by atoms with Crippen molar-refractivity contribution in [2.75, 3.05) is 20.1 Å². The largest absolute Gasteiger partial charge is 0.340 e. The van der Waals surface area contributed by atoms with Gasteiger partial charge in [0.1, 0.15) is 0 Å². The number of benzene rings is 1. The van der Waals surface area contributed by atoms with Crippen molar-refractivity contribution in [1.29, 1.82) is 0 Å². The van der Waals surface area contributed by atoms with Crippen molar-refractivity contribution < 1.29 is 4.79 Å². The van der Waals surface area contributed by atoms with Crippen LogP contribution in [0.15, 0.2) is 36.9 Å². The smallest absolute Gasteiger partial charge is 0.236 e. The molecular weight excluding hydrogens is 212 g/mol. The molecular formula is C14H20N2O. The first-order chi connectivity index (χ1) is 8.13. The molecule has 17 heavy (non-hydrogen) atoms. The first kappa shape index (κ1) is 13.5. The number of carbonyl (C=O) groups excluding carboxylic acids is 1. The molecule has 3 nitrogen and oxygen atoms in total. The van der Waals surface area contributed by atoms with Gasteiger partial charge in [-0.25, -0.2) is 0 Å². The predicted molar refractivity (Wildman–Crippen MR) is 70.7 cm³/mol. The Labute approximate surface area is 103 Å². The Balaban J connectivity index is 2.45. The van der Waals surface area contributed by atoms with Crippen molar-refractivity contribution in [2.45, 2.75) is 13.5 Å². The number of hydrogen-bond donors (Lipinski definition) is 1. The minimum atomic E-state index is 0.0911. The molecule has 0 aliphatic rings. The lowest BCUT2D eigenvalue weighted by Gasteiger charge is -2.17. The molecule has 0 aliphatic carbocycles. The Morgan fingerprint density at radius 1 is 1.53 bits per heavy atom. The number of carbonyl (C=O) groups is 1. The number of nitrogens with zero attached hydrogens (tertiary/aromatic N) is 1. The second kappa shape index (κ2) is 6.86. The van der Waals surface area contributed by atoms with Crippen molar-refractivity contribution in [2.24, 2.45) is 0 Å². The fraction of sp³-hybridized carbons (Fsp3) is 0.357. The van der Waals surface area contributed by atoms with E-state index in [4.69, 9.17) is 0 Å². The third kappa shape index (κ3) is 4.83. The van der Waals surface area contributed by atoms with Crippen LogP contribution in [0.25, 0.3) is 0 Å². The number of nitrogens with one attached hydrogen (secondary N) is 1. The topological polar surface area (TPSA) is 32.3 Å². The van der Waals surface area contributed by atoms with Crippen LogP contribution >= 0.6 is 0 Å². The van der Waals surface area contributed by atoms with Gasteiger partial charge in [0.05, 0.1) is 6.54 Å². The standard InChI is InChI=1S/C14H20N2O/c1-4-8-15-10-14(17)16(3)11-13-7-5-6-12(2)9-13/h4-7,9,15H,1,8,10-11H2,2-3H3. The lowest BCUT2D eigenvalue weighted by atomic mass is 10.1. The first-order valence-corrected chi connectivity index (χ1v) is 5.74. The average molecular weight is 232 g/mol. The van der Waals surface area contributed by atoms with Crippen molar-refractivity contribution in [3.63, 3.8) is 0 Å². The fourth-order valence-electron chi connectivity index (χ4n) is 1.59. The Morgan fingerprint density at radius 3 is 2.94 bits per heavy atom. The summed E-state index contributed by atoms with van der Waals surface area (Å²) in [6, 6.07) is 8.20. The highest BCUT2D eigenvalue weighted by Gasteiger charge is 2.08. The van der Waals surface area contributed by atoms with Gasteiger partial charge in [0.2, 0.25) is 5.91 Å². The quantitative estimate of drug-likeness (QED) is 0.598. The van der Waals surface area contributed by atoms with Crippen LogP contribution < -0.4 is 5.32 Å². The van der Waals surface area contributed by atoms with Gasteiger partial charge in [0.15, 0.2) is 0 Å². The van der Waals surface area contributed by atoms with E-state index in [1.54, 1.807) is 11.0 Å². The third-order valence-corrected chi connectivity index (χ3v) is 2.49. The van der Waals surface area contributed by atoms with Crippen LogP contribution in [0, 0.1) is 6.92 Å². The molecule has 1 amide bonds. The zero-order valence-electron chi connectivity index (χ0n) is 10.6. The summed E-state index contributed by atoms with van der Waals surface area (Å²) in [6.45, 7) is 7.31. The van der Waals surface area contributed by atoms with Gasteiger partial charge < -0.3 is 10.2 Å². The van der Waals surface area contributed by atoms with E-state index in [2.05, 4.69) is 31.0 Å². The molecule has 0 saturated heterocycles. The molecule has 0 fully saturated rings. The molecule has 0 heterocycles. The second-order valence-corrected chi connectivity index (χ2v) is 4.16. The Bertz CT molecular complexity index is 388. The lowest BCUT2D eigenvalue weighted by Crippen LogP contribution is -2.35. The summed E-state index contributed by atoms with van der Waals surface area (Å²) in [5.41, 5.74) is 2.37. The van der Waals surface area contributed by atoms with E-state index >= 15 is 0 Å². The van der Waals surface area contributed by atoms with E-state index in [0.717, 1.165) is 5.56 Å². The normalized spacial score (nSPS) is 10.0. The average Bonchev–Trinajstić information content (AvgIpc) is 2.29. The molecule has 0 aromatic heterocycles. The molecule has 1 rings (SSSR count). The van der Waals surface area contributed by atoms with Gasteiger partial charge in [-0.05, 0) is 12.5 Å². The molecule has 1 N–H and O–H groups in total. The molecule has 3 heteroatoms. The van der Waals surface area contributed by atoms with Gasteiger partial charge in [-0.3, -0.25) is 4.79 Å². The van der Waals surface area contributed by atoms with Crippen molar-refractivity contribution >= 4 is 5.91 Å². The van der Waals surface area contributed by atoms with Gasteiger partial charge in [-0.1, -0.05) is 35.9 Å². The predicted octanol–water partition coefficient (Wildman–Crippen LogP) is 1.73. The van der Waals surface area contributed by atoms with Gasteiger partial charge in [0.25, 0.3) is 0 Å². The molecule has 1 aromatic rings. The summed E-state index contributed by atoms with van der Waals surface area (Å²) >= 11 is 0. The monoisotopic (exact) mass is 232 g/mol. The van der Waals surface area contributed by atoms with E-state index < -0.39 is 0 Å². The molecule has 0 bridgehead atoms. The lowest BCUT2D eigenvalue weighted by molar-refractivity contribution is -0.129. The summed E-state index contributed by atoms with van der Waals surface area (Å²) in [5, 5.41) is 3.00. The van der Waals surface area contributed by atoms with Crippen LogP contribution in [-0.4, -0.2) is 30.9 Å². The summed E-state index contributed by atoms with van der Waals surface area (Å²) < 4.78 is 0. The van der Waals surface area contributed by atoms with E-state index in [0.29, 0.717) is 19.6 Å². The Hall–Kier alpha value is -1.61. The number of likely N-dealkylation sites (N-methyl/N-ethyl adjacent to an activating group) is 1. The minimum absolute atomic E-state index is 0.0911. The molecule has 0 atom stereocenters. The maximum absolute atomic E-state index is 11.7. The Kier molecular flexibility index (Phi) is 5.43. The molecule has 0 unspecified atom stereocenters. The molecule has 0 spiro atoms. The first-order valence-electron chi connectivity index (χ1n) is 5.74. The summed E-state index contributed by atoms with van der Waals surface area (Å²) in [4.78, 5) is 13.5. The van der Waals surface area contributed by atoms with Crippen molar-refractivity contribution in [3.8, 4) is 0 Å². The van der Waals surface area contributed by atoms with Crippen LogP contribution in [0.4, 0.5) is 0 Å². The maximum Gasteiger partial charge on any atom is 0.236 e. The highest BCUT2D eigenvalue weighted by atomic mass is 16.2. The van der Waals surface area contributed by atoms with Crippen LogP contribution in [0.2, 0.25) is 0 Å². The van der Waals surface area contributed by atoms with Gasteiger partial charge >= 0.3 is 0 Å². The fourth-order valence-corrected chi connectivity index (χ4v) is 1.59. The number of amides is 1. The molecule has 92 valence electrons. The van der Waals surface area contributed by atoms with Crippen LogP contribution in [-0.2, 0) is 11.3 Å². The van der Waals surface area contributed by atoms with Crippen LogP contribution in [0.5, 0.6) is 0 Å². The van der Waals surface area contributed by atoms with E-state index in [-0.39, 0.29) is 5.91 Å². The Morgan fingerprint density at radius 2 is 2.29 bits per heavy atom. The molecule has 1 aromatic carbocycles. The number of rotatable bonds is 6. The van der Waals surface area contributed by atoms with Gasteiger partial charge in [-0.15, -0.1) is 6.58 Å². The van der Waals surface area contributed by atoms with Crippen LogP contribution in [0.3, 0.4) is 0 Å². The zero-order chi connectivity index (χ0) is 12.7. The van der Waals surface area contributed by atoms with Gasteiger partial charge in [-0.2, -0.15) is 0 Å². The third-order valence-electron chi connectivity index (χ3n) is 2.49. The van der Waals surface area contributed by atoms with Crippen molar-refractivity contribution in [3.05, 3.63) is 48.0 Å². The summed E-state index contributed by atoms with van der Waals surface area (Å²) in [5.74, 6) is 0.0911. The second-order valence-electron chi connectivity index (χ2n) is 4.16.